The Labute approximate surface area is 109 Å². The van der Waals surface area contributed by atoms with Crippen molar-refractivity contribution in [3.63, 3.8) is 0 Å². The van der Waals surface area contributed by atoms with E-state index in [4.69, 9.17) is 4.42 Å². The second-order valence-electron chi connectivity index (χ2n) is 4.65. The summed E-state index contributed by atoms with van der Waals surface area (Å²) in [4.78, 5) is 6.59. The molecule has 1 aliphatic heterocycles. The molecule has 96 valence electrons. The van der Waals surface area contributed by atoms with Crippen LogP contribution in [0.5, 0.6) is 0 Å². The van der Waals surface area contributed by atoms with E-state index in [-0.39, 0.29) is 5.82 Å². The molecule has 0 amide bonds. The second-order valence-corrected chi connectivity index (χ2v) is 5.80. The van der Waals surface area contributed by atoms with Crippen molar-refractivity contribution in [1.82, 2.24) is 9.88 Å². The van der Waals surface area contributed by atoms with Crippen LogP contribution in [0, 0.1) is 5.82 Å². The Bertz CT molecular complexity index is 551. The highest BCUT2D eigenvalue weighted by Crippen LogP contribution is 2.23. The Morgan fingerprint density at radius 1 is 1.56 bits per heavy atom. The SMILES string of the molecule is CN(Cc1nc2cc(F)ccc2o1)C1CCSC1. The van der Waals surface area contributed by atoms with Crippen molar-refractivity contribution in [2.24, 2.45) is 0 Å². The van der Waals surface area contributed by atoms with E-state index >= 15 is 0 Å². The van der Waals surface area contributed by atoms with Gasteiger partial charge in [0.1, 0.15) is 11.3 Å². The number of benzene rings is 1. The van der Waals surface area contributed by atoms with Gasteiger partial charge in [-0.25, -0.2) is 9.37 Å². The van der Waals surface area contributed by atoms with Gasteiger partial charge in [0.2, 0.25) is 5.89 Å². The molecule has 0 spiro atoms. The lowest BCUT2D eigenvalue weighted by Crippen LogP contribution is -2.30. The molecule has 1 aromatic carbocycles. The molecule has 3 nitrogen and oxygen atoms in total. The van der Waals surface area contributed by atoms with Gasteiger partial charge in [-0.2, -0.15) is 11.8 Å². The minimum Gasteiger partial charge on any atom is -0.439 e. The molecule has 1 unspecified atom stereocenters. The van der Waals surface area contributed by atoms with Gasteiger partial charge in [-0.1, -0.05) is 0 Å². The first-order valence-electron chi connectivity index (χ1n) is 6.05. The Hall–Kier alpha value is -1.07. The fraction of sp³-hybridized carbons (Fsp3) is 0.462. The monoisotopic (exact) mass is 266 g/mol. The van der Waals surface area contributed by atoms with Crippen molar-refractivity contribution in [2.45, 2.75) is 19.0 Å². The van der Waals surface area contributed by atoms with E-state index in [0.717, 1.165) is 0 Å². The first-order valence-corrected chi connectivity index (χ1v) is 7.21. The molecule has 5 heteroatoms. The third-order valence-corrected chi connectivity index (χ3v) is 4.45. The molecule has 1 aromatic heterocycles. The van der Waals surface area contributed by atoms with Gasteiger partial charge in [0.15, 0.2) is 5.58 Å². The van der Waals surface area contributed by atoms with Gasteiger partial charge < -0.3 is 4.42 Å². The smallest absolute Gasteiger partial charge is 0.209 e. The van der Waals surface area contributed by atoms with E-state index in [0.29, 0.717) is 29.6 Å². The van der Waals surface area contributed by atoms with Crippen LogP contribution in [-0.2, 0) is 6.54 Å². The summed E-state index contributed by atoms with van der Waals surface area (Å²) in [7, 11) is 2.09. The van der Waals surface area contributed by atoms with Crippen LogP contribution >= 0.6 is 11.8 Å². The van der Waals surface area contributed by atoms with Crippen molar-refractivity contribution >= 4 is 22.9 Å². The quantitative estimate of drug-likeness (QED) is 0.854. The molecule has 0 saturated carbocycles. The lowest BCUT2D eigenvalue weighted by molar-refractivity contribution is 0.232. The molecule has 1 fully saturated rings. The number of rotatable bonds is 3. The predicted octanol–water partition coefficient (Wildman–Crippen LogP) is 2.90. The normalized spacial score (nSPS) is 20.1. The molecule has 0 radical (unpaired) electrons. The van der Waals surface area contributed by atoms with Crippen LogP contribution in [0.2, 0.25) is 0 Å². The van der Waals surface area contributed by atoms with Crippen LogP contribution in [0.4, 0.5) is 4.39 Å². The van der Waals surface area contributed by atoms with E-state index < -0.39 is 0 Å². The Balaban J connectivity index is 1.77. The van der Waals surface area contributed by atoms with Crippen molar-refractivity contribution in [3.05, 3.63) is 29.9 Å². The van der Waals surface area contributed by atoms with Gasteiger partial charge in [-0.15, -0.1) is 0 Å². The lowest BCUT2D eigenvalue weighted by atomic mass is 10.2. The van der Waals surface area contributed by atoms with Gasteiger partial charge in [0.25, 0.3) is 0 Å². The van der Waals surface area contributed by atoms with Crippen LogP contribution < -0.4 is 0 Å². The number of hydrogen-bond donors (Lipinski definition) is 0. The Kier molecular flexibility index (Phi) is 3.26. The zero-order valence-corrected chi connectivity index (χ0v) is 11.0. The van der Waals surface area contributed by atoms with Gasteiger partial charge >= 0.3 is 0 Å². The summed E-state index contributed by atoms with van der Waals surface area (Å²) in [6, 6.07) is 5.04. The minimum absolute atomic E-state index is 0.275. The number of hydrogen-bond acceptors (Lipinski definition) is 4. The average Bonchev–Trinajstić information content (AvgIpc) is 2.95. The number of halogens is 1. The lowest BCUT2D eigenvalue weighted by Gasteiger charge is -2.21. The summed E-state index contributed by atoms with van der Waals surface area (Å²) < 4.78 is 18.7. The molecule has 18 heavy (non-hydrogen) atoms. The number of aromatic nitrogens is 1. The highest BCUT2D eigenvalue weighted by atomic mass is 32.2. The van der Waals surface area contributed by atoms with Gasteiger partial charge in [0, 0.05) is 17.9 Å². The topological polar surface area (TPSA) is 29.3 Å². The molecule has 0 bridgehead atoms. The zero-order chi connectivity index (χ0) is 12.5. The minimum atomic E-state index is -0.275. The predicted molar refractivity (Wildman–Crippen MR) is 71.2 cm³/mol. The van der Waals surface area contributed by atoms with Gasteiger partial charge in [0.05, 0.1) is 6.54 Å². The summed E-state index contributed by atoms with van der Waals surface area (Å²) in [6.45, 7) is 0.682. The Morgan fingerprint density at radius 3 is 3.22 bits per heavy atom. The fourth-order valence-corrected chi connectivity index (χ4v) is 3.53. The number of thioether (sulfide) groups is 1. The molecular weight excluding hydrogens is 251 g/mol. The van der Waals surface area contributed by atoms with Crippen LogP contribution in [-0.4, -0.2) is 34.5 Å². The average molecular weight is 266 g/mol. The van der Waals surface area contributed by atoms with Crippen molar-refractivity contribution in [1.29, 1.82) is 0 Å². The highest BCUT2D eigenvalue weighted by Gasteiger charge is 2.21. The maximum Gasteiger partial charge on any atom is 0.209 e. The third kappa shape index (κ3) is 2.37. The van der Waals surface area contributed by atoms with Crippen molar-refractivity contribution in [2.75, 3.05) is 18.6 Å². The standard InChI is InChI=1S/C13H15FN2OS/c1-16(10-4-5-18-8-10)7-13-15-11-6-9(14)2-3-12(11)17-13/h2-3,6,10H,4-5,7-8H2,1H3. The summed E-state index contributed by atoms with van der Waals surface area (Å²) in [5.74, 6) is 2.79. The van der Waals surface area contributed by atoms with Gasteiger partial charge in [-0.3, -0.25) is 4.90 Å². The molecule has 1 saturated heterocycles. The van der Waals surface area contributed by atoms with Crippen LogP contribution in [0.3, 0.4) is 0 Å². The summed E-state index contributed by atoms with van der Waals surface area (Å²) in [5.41, 5.74) is 1.25. The maximum atomic E-state index is 13.1. The molecule has 3 rings (SSSR count). The molecule has 0 N–H and O–H groups in total. The highest BCUT2D eigenvalue weighted by molar-refractivity contribution is 7.99. The number of fused-ring (bicyclic) bond motifs is 1. The Morgan fingerprint density at radius 2 is 2.44 bits per heavy atom. The largest absolute Gasteiger partial charge is 0.439 e. The molecule has 2 heterocycles. The molecule has 1 aliphatic rings. The number of nitrogens with zero attached hydrogens (tertiary/aromatic N) is 2. The summed E-state index contributed by atoms with van der Waals surface area (Å²) in [5, 5.41) is 0. The van der Waals surface area contributed by atoms with E-state index in [1.54, 1.807) is 6.07 Å². The zero-order valence-electron chi connectivity index (χ0n) is 10.2. The van der Waals surface area contributed by atoms with Gasteiger partial charge in [-0.05, 0) is 31.4 Å². The molecule has 0 aliphatic carbocycles. The van der Waals surface area contributed by atoms with Crippen LogP contribution in [0.1, 0.15) is 12.3 Å². The molecule has 2 aromatic rings. The first-order chi connectivity index (χ1) is 8.72. The van der Waals surface area contributed by atoms with Crippen LogP contribution in [0.25, 0.3) is 11.1 Å². The van der Waals surface area contributed by atoms with Crippen LogP contribution in [0.15, 0.2) is 22.6 Å². The summed E-state index contributed by atoms with van der Waals surface area (Å²) >= 11 is 1.99. The summed E-state index contributed by atoms with van der Waals surface area (Å²) in [6.07, 6.45) is 1.22. The first kappa shape index (κ1) is 12.0. The molecular formula is C13H15FN2OS. The molecule has 1 atom stereocenters. The number of oxazole rings is 1. The third-order valence-electron chi connectivity index (χ3n) is 3.31. The van der Waals surface area contributed by atoms with Crippen molar-refractivity contribution < 1.29 is 8.81 Å². The fourth-order valence-electron chi connectivity index (χ4n) is 2.23. The van der Waals surface area contributed by atoms with Crippen molar-refractivity contribution in [3.8, 4) is 0 Å². The van der Waals surface area contributed by atoms with E-state index in [9.17, 15) is 4.39 Å². The van der Waals surface area contributed by atoms with E-state index in [2.05, 4.69) is 16.9 Å². The van der Waals surface area contributed by atoms with E-state index in [1.807, 2.05) is 11.8 Å². The second kappa shape index (κ2) is 4.90. The van der Waals surface area contributed by atoms with E-state index in [1.165, 1.54) is 30.1 Å². The maximum absolute atomic E-state index is 13.1.